The van der Waals surface area contributed by atoms with Crippen molar-refractivity contribution < 1.29 is 9.90 Å². The van der Waals surface area contributed by atoms with Crippen molar-refractivity contribution in [2.45, 2.75) is 26.2 Å². The molecule has 10 heteroatoms. The van der Waals surface area contributed by atoms with E-state index in [9.17, 15) is 9.59 Å². The maximum atomic E-state index is 13.0. The summed E-state index contributed by atoms with van der Waals surface area (Å²) in [6.45, 7) is 3.85. The fourth-order valence-electron chi connectivity index (χ4n) is 3.44. The molecule has 2 aromatic carbocycles. The van der Waals surface area contributed by atoms with Crippen LogP contribution in [-0.2, 0) is 6.42 Å². The number of fused-ring (bicyclic) bond motifs is 1. The summed E-state index contributed by atoms with van der Waals surface area (Å²) in [5.74, 6) is -0.671. The number of halogens is 3. The molecule has 0 fully saturated rings. The summed E-state index contributed by atoms with van der Waals surface area (Å²) in [5, 5.41) is 15.0. The molecule has 0 radical (unpaired) electrons. The highest BCUT2D eigenvalue weighted by Crippen LogP contribution is 2.34. The summed E-state index contributed by atoms with van der Waals surface area (Å²) in [6.07, 6.45) is 0.287. The number of hydrogen-bond donors (Lipinski definition) is 2. The first-order valence-corrected chi connectivity index (χ1v) is 10.8. The van der Waals surface area contributed by atoms with Gasteiger partial charge in [0, 0.05) is 11.4 Å². The van der Waals surface area contributed by atoms with Gasteiger partial charge in [-0.25, -0.2) is 14.5 Å². The molecule has 0 aliphatic carbocycles. The molecule has 4 rings (SSSR count). The highest BCUT2D eigenvalue weighted by atomic mass is 35.5. The molecular formula is C22H17Cl3N4O3. The highest BCUT2D eigenvalue weighted by Gasteiger charge is 2.23. The van der Waals surface area contributed by atoms with Crippen LogP contribution < -0.4 is 5.56 Å². The summed E-state index contributed by atoms with van der Waals surface area (Å²) in [5.41, 5.74) is 1.90. The quantitative estimate of drug-likeness (QED) is 0.385. The largest absolute Gasteiger partial charge is 0.478 e. The summed E-state index contributed by atoms with van der Waals surface area (Å²) in [7, 11) is 0. The molecule has 0 aliphatic rings. The third-order valence-electron chi connectivity index (χ3n) is 4.93. The van der Waals surface area contributed by atoms with Crippen molar-refractivity contribution in [1.29, 1.82) is 0 Å². The topological polar surface area (TPSA) is 101 Å². The van der Waals surface area contributed by atoms with Gasteiger partial charge in [-0.15, -0.1) is 0 Å². The molecule has 0 aliphatic heterocycles. The lowest BCUT2D eigenvalue weighted by molar-refractivity contribution is 0.0697. The lowest BCUT2D eigenvalue weighted by atomic mass is 10.1. The van der Waals surface area contributed by atoms with Crippen LogP contribution in [0.5, 0.6) is 0 Å². The number of carboxylic acid groups (broad SMARTS) is 1. The zero-order valence-corrected chi connectivity index (χ0v) is 19.3. The molecule has 0 saturated heterocycles. The molecule has 0 amide bonds. The fourth-order valence-corrected chi connectivity index (χ4v) is 4.41. The van der Waals surface area contributed by atoms with E-state index in [1.54, 1.807) is 24.3 Å². The molecule has 0 unspecified atom stereocenters. The van der Waals surface area contributed by atoms with Gasteiger partial charge in [-0.3, -0.25) is 4.79 Å². The van der Waals surface area contributed by atoms with Crippen LogP contribution >= 0.6 is 34.8 Å². The number of hydrogen-bond acceptors (Lipinski definition) is 4. The van der Waals surface area contributed by atoms with Gasteiger partial charge in [0.25, 0.3) is 5.56 Å². The highest BCUT2D eigenvalue weighted by molar-refractivity contribution is 6.40. The normalized spacial score (nSPS) is 11.4. The number of rotatable bonds is 5. The molecule has 2 aromatic heterocycles. The van der Waals surface area contributed by atoms with Crippen LogP contribution in [-0.4, -0.2) is 30.8 Å². The van der Waals surface area contributed by atoms with Gasteiger partial charge in [0.05, 0.1) is 21.3 Å². The molecule has 4 aromatic rings. The van der Waals surface area contributed by atoms with Crippen molar-refractivity contribution in [3.63, 3.8) is 0 Å². The minimum absolute atomic E-state index is 0.0547. The average molecular weight is 492 g/mol. The number of nitrogens with zero attached hydrogens (tertiary/aromatic N) is 3. The Morgan fingerprint density at radius 1 is 1.12 bits per heavy atom. The zero-order chi connectivity index (χ0) is 23.2. The third-order valence-corrected chi connectivity index (χ3v) is 5.72. The first-order valence-electron chi connectivity index (χ1n) is 9.64. The van der Waals surface area contributed by atoms with E-state index in [2.05, 4.69) is 15.1 Å². The number of benzene rings is 2. The number of aromatic amines is 1. The third kappa shape index (κ3) is 4.11. The molecule has 32 heavy (non-hydrogen) atoms. The Morgan fingerprint density at radius 2 is 1.75 bits per heavy atom. The van der Waals surface area contributed by atoms with Crippen LogP contribution in [0.25, 0.3) is 16.7 Å². The zero-order valence-electron chi connectivity index (χ0n) is 17.0. The summed E-state index contributed by atoms with van der Waals surface area (Å²) in [4.78, 5) is 31.5. The van der Waals surface area contributed by atoms with Crippen molar-refractivity contribution in [2.24, 2.45) is 0 Å². The van der Waals surface area contributed by atoms with Gasteiger partial charge in [0.2, 0.25) is 0 Å². The van der Waals surface area contributed by atoms with E-state index in [1.165, 1.54) is 16.8 Å². The number of aromatic carboxylic acids is 1. The summed E-state index contributed by atoms with van der Waals surface area (Å²) in [6, 6.07) is 9.45. The van der Waals surface area contributed by atoms with Crippen LogP contribution in [0, 0.1) is 0 Å². The van der Waals surface area contributed by atoms with Crippen LogP contribution in [0.4, 0.5) is 0 Å². The Balaban J connectivity index is 1.90. The summed E-state index contributed by atoms with van der Waals surface area (Å²) < 4.78 is 1.47. The van der Waals surface area contributed by atoms with Crippen molar-refractivity contribution in [2.75, 3.05) is 0 Å². The molecule has 0 spiro atoms. The second-order valence-corrected chi connectivity index (χ2v) is 8.81. The molecule has 0 saturated carbocycles. The molecule has 164 valence electrons. The maximum absolute atomic E-state index is 13.0. The number of carbonyl (C=O) groups is 1. The molecule has 0 bridgehead atoms. The first kappa shape index (κ1) is 22.3. The van der Waals surface area contributed by atoms with Crippen molar-refractivity contribution >= 4 is 51.8 Å². The molecule has 2 N–H and O–H groups in total. The van der Waals surface area contributed by atoms with Crippen molar-refractivity contribution in [3.05, 3.63) is 84.5 Å². The average Bonchev–Trinajstić information content (AvgIpc) is 3.08. The molecule has 0 atom stereocenters. The number of aromatic nitrogens is 4. The van der Waals surface area contributed by atoms with Gasteiger partial charge in [0.15, 0.2) is 5.65 Å². The van der Waals surface area contributed by atoms with E-state index in [0.29, 0.717) is 33.3 Å². The Labute approximate surface area is 197 Å². The number of H-pyrrole nitrogens is 1. The Bertz CT molecular complexity index is 1390. The van der Waals surface area contributed by atoms with Crippen molar-refractivity contribution in [1.82, 2.24) is 19.7 Å². The lowest BCUT2D eigenvalue weighted by Gasteiger charge is -2.09. The van der Waals surface area contributed by atoms with Gasteiger partial charge >= 0.3 is 5.97 Å². The second kappa shape index (κ2) is 8.58. The van der Waals surface area contributed by atoms with Gasteiger partial charge in [-0.2, -0.15) is 5.10 Å². The molecular weight excluding hydrogens is 475 g/mol. The predicted molar refractivity (Wildman–Crippen MR) is 125 cm³/mol. The molecule has 7 nitrogen and oxygen atoms in total. The molecule has 2 heterocycles. The minimum atomic E-state index is -1.01. The monoisotopic (exact) mass is 490 g/mol. The summed E-state index contributed by atoms with van der Waals surface area (Å²) >= 11 is 18.9. The van der Waals surface area contributed by atoms with Gasteiger partial charge in [0.1, 0.15) is 16.9 Å². The number of nitrogens with one attached hydrogen (secondary N) is 1. The SMILES string of the molecule is CC(C)c1nn(-c2c(Cl)cc(Cl)cc2Cl)c2nc(Cc3ccc(C(=O)O)cc3)[nH]c(=O)c12. The van der Waals surface area contributed by atoms with E-state index in [1.807, 2.05) is 13.8 Å². The maximum Gasteiger partial charge on any atom is 0.335 e. The Hall–Kier alpha value is -2.87. The van der Waals surface area contributed by atoms with E-state index < -0.39 is 5.97 Å². The smallest absolute Gasteiger partial charge is 0.335 e. The van der Waals surface area contributed by atoms with E-state index in [0.717, 1.165) is 5.56 Å². The predicted octanol–water partition coefficient (Wildman–Crippen LogP) is 5.48. The van der Waals surface area contributed by atoms with E-state index in [-0.39, 0.29) is 33.5 Å². The number of carboxylic acids is 1. The Morgan fingerprint density at radius 3 is 2.31 bits per heavy atom. The van der Waals surface area contributed by atoms with Crippen LogP contribution in [0.2, 0.25) is 15.1 Å². The Kier molecular flexibility index (Phi) is 5.99. The second-order valence-electron chi connectivity index (χ2n) is 7.56. The van der Waals surface area contributed by atoms with E-state index >= 15 is 0 Å². The minimum Gasteiger partial charge on any atom is -0.478 e. The van der Waals surface area contributed by atoms with Crippen LogP contribution in [0.1, 0.15) is 47.2 Å². The van der Waals surface area contributed by atoms with Gasteiger partial charge < -0.3 is 10.1 Å². The van der Waals surface area contributed by atoms with Crippen LogP contribution in [0.15, 0.2) is 41.2 Å². The fraction of sp³-hybridized carbons (Fsp3) is 0.182. The first-order chi connectivity index (χ1) is 15.2. The van der Waals surface area contributed by atoms with Gasteiger partial charge in [-0.1, -0.05) is 60.8 Å². The van der Waals surface area contributed by atoms with E-state index in [4.69, 9.17) is 39.9 Å². The van der Waals surface area contributed by atoms with Crippen molar-refractivity contribution in [3.8, 4) is 5.69 Å². The van der Waals surface area contributed by atoms with Gasteiger partial charge in [-0.05, 0) is 35.7 Å². The standard InChI is InChI=1S/C22H17Cl3N4O3/c1-10(2)18-17-20(29(28-18)19-14(24)8-13(23)9-15(19)25)26-16(27-21(17)30)7-11-3-5-12(6-4-11)22(31)32/h3-6,8-10H,7H2,1-2H3,(H,31,32)(H,26,27,30). The van der Waals surface area contributed by atoms with Crippen LogP contribution in [0.3, 0.4) is 0 Å². The lowest BCUT2D eigenvalue weighted by Crippen LogP contribution is -2.14.